The van der Waals surface area contributed by atoms with Crippen LogP contribution in [0.4, 0.5) is 0 Å². The molecule has 1 atom stereocenters. The van der Waals surface area contributed by atoms with Gasteiger partial charge in [0, 0.05) is 25.7 Å². The Bertz CT molecular complexity index is 700. The molecule has 1 aliphatic rings. The Morgan fingerprint density at radius 2 is 2.03 bits per heavy atom. The Morgan fingerprint density at radius 1 is 1.24 bits per heavy atom. The summed E-state index contributed by atoms with van der Waals surface area (Å²) in [5, 5.41) is 9.47. The van der Waals surface area contributed by atoms with Crippen LogP contribution in [0.1, 0.15) is 84.3 Å². The predicted molar refractivity (Wildman–Crippen MR) is 118 cm³/mol. The molecule has 2 heterocycles. The van der Waals surface area contributed by atoms with Gasteiger partial charge in [0.05, 0.1) is 17.6 Å². The molecular formula is C22H41N3O3S. The van der Waals surface area contributed by atoms with E-state index in [-0.39, 0.29) is 17.5 Å². The van der Waals surface area contributed by atoms with E-state index in [1.54, 1.807) is 6.20 Å². The van der Waals surface area contributed by atoms with Gasteiger partial charge in [-0.3, -0.25) is 4.90 Å². The van der Waals surface area contributed by atoms with Gasteiger partial charge in [0.25, 0.3) is 0 Å². The van der Waals surface area contributed by atoms with Crippen LogP contribution in [0.25, 0.3) is 0 Å². The van der Waals surface area contributed by atoms with E-state index in [1.165, 1.54) is 12.8 Å². The Hall–Kier alpha value is -0.920. The van der Waals surface area contributed by atoms with Gasteiger partial charge < -0.3 is 9.67 Å². The third-order valence-corrected chi connectivity index (χ3v) is 7.63. The molecule has 0 radical (unpaired) electrons. The van der Waals surface area contributed by atoms with Crippen LogP contribution in [-0.2, 0) is 22.9 Å². The Balaban J connectivity index is 2.18. The highest BCUT2D eigenvalue weighted by Crippen LogP contribution is 2.25. The predicted octanol–water partition coefficient (Wildman–Crippen LogP) is 4.02. The van der Waals surface area contributed by atoms with E-state index in [1.807, 2.05) is 4.57 Å². The normalized spacial score (nSPS) is 18.6. The van der Waals surface area contributed by atoms with Crippen molar-refractivity contribution in [2.75, 3.05) is 18.9 Å². The van der Waals surface area contributed by atoms with Crippen molar-refractivity contribution in [3.8, 4) is 0 Å². The minimum atomic E-state index is -3.36. The standard InChI is InChI=1S/C22H41N3O3S/c1-4-5-14-25-21(18-24-13-7-6-11-20(24)12-8-15-26)17-23-22(25)29(27,28)16-9-10-19(2)3/h17,19-20,26H,4-16,18H2,1-3H3. The molecule has 1 aromatic heterocycles. The first kappa shape index (κ1) is 24.4. The zero-order valence-corrected chi connectivity index (χ0v) is 19.5. The molecular weight excluding hydrogens is 386 g/mol. The van der Waals surface area contributed by atoms with Gasteiger partial charge in [-0.1, -0.05) is 33.6 Å². The molecule has 168 valence electrons. The lowest BCUT2D eigenvalue weighted by Crippen LogP contribution is -2.39. The smallest absolute Gasteiger partial charge is 0.227 e. The molecule has 1 N–H and O–H groups in total. The number of piperidine rings is 1. The van der Waals surface area contributed by atoms with Crippen molar-refractivity contribution in [2.24, 2.45) is 5.92 Å². The fraction of sp³-hybridized carbons (Fsp3) is 0.864. The molecule has 0 amide bonds. The minimum absolute atomic E-state index is 0.177. The fourth-order valence-electron chi connectivity index (χ4n) is 4.22. The average molecular weight is 428 g/mol. The molecule has 0 saturated carbocycles. The molecule has 1 saturated heterocycles. The summed E-state index contributed by atoms with van der Waals surface area (Å²) in [4.78, 5) is 6.87. The van der Waals surface area contributed by atoms with Crippen LogP contribution in [0.2, 0.25) is 0 Å². The van der Waals surface area contributed by atoms with Crippen molar-refractivity contribution in [1.29, 1.82) is 0 Å². The van der Waals surface area contributed by atoms with Crippen molar-refractivity contribution in [3.05, 3.63) is 11.9 Å². The largest absolute Gasteiger partial charge is 0.396 e. The van der Waals surface area contributed by atoms with E-state index in [2.05, 4.69) is 30.7 Å². The maximum Gasteiger partial charge on any atom is 0.227 e. The summed E-state index contributed by atoms with van der Waals surface area (Å²) in [5.41, 5.74) is 1.01. The maximum atomic E-state index is 13.0. The number of sulfone groups is 1. The minimum Gasteiger partial charge on any atom is -0.396 e. The maximum absolute atomic E-state index is 13.0. The van der Waals surface area contributed by atoms with Crippen LogP contribution in [-0.4, -0.2) is 52.9 Å². The molecule has 1 aromatic rings. The molecule has 1 unspecified atom stereocenters. The zero-order valence-electron chi connectivity index (χ0n) is 18.6. The van der Waals surface area contributed by atoms with Gasteiger partial charge in [0.15, 0.2) is 0 Å². The highest BCUT2D eigenvalue weighted by atomic mass is 32.2. The number of nitrogens with zero attached hydrogens (tertiary/aromatic N) is 3. The first-order valence-corrected chi connectivity index (χ1v) is 13.2. The van der Waals surface area contributed by atoms with Gasteiger partial charge in [-0.05, 0) is 57.4 Å². The molecule has 0 aromatic carbocycles. The van der Waals surface area contributed by atoms with Crippen LogP contribution in [0.5, 0.6) is 0 Å². The lowest BCUT2D eigenvalue weighted by molar-refractivity contribution is 0.120. The number of aromatic nitrogens is 2. The lowest BCUT2D eigenvalue weighted by atomic mass is 9.98. The second-order valence-corrected chi connectivity index (χ2v) is 10.9. The van der Waals surface area contributed by atoms with Gasteiger partial charge in [0.1, 0.15) is 0 Å². The van der Waals surface area contributed by atoms with Gasteiger partial charge >= 0.3 is 0 Å². The van der Waals surface area contributed by atoms with E-state index in [9.17, 15) is 13.5 Å². The molecule has 2 rings (SSSR count). The summed E-state index contributed by atoms with van der Waals surface area (Å²) < 4.78 is 27.9. The second kappa shape index (κ2) is 12.1. The summed E-state index contributed by atoms with van der Waals surface area (Å²) in [6, 6.07) is 0.469. The summed E-state index contributed by atoms with van der Waals surface area (Å²) >= 11 is 0. The second-order valence-electron chi connectivity index (χ2n) is 8.88. The highest BCUT2D eigenvalue weighted by Gasteiger charge is 2.27. The lowest BCUT2D eigenvalue weighted by Gasteiger charge is -2.36. The molecule has 1 fully saturated rings. The van der Waals surface area contributed by atoms with Gasteiger partial charge in [-0.15, -0.1) is 0 Å². The number of hydrogen-bond acceptors (Lipinski definition) is 5. The Labute approximate surface area is 177 Å². The zero-order chi connectivity index (χ0) is 21.3. The fourth-order valence-corrected chi connectivity index (χ4v) is 5.71. The van der Waals surface area contributed by atoms with E-state index >= 15 is 0 Å². The third kappa shape index (κ3) is 7.37. The first-order valence-electron chi connectivity index (χ1n) is 11.5. The molecule has 1 aliphatic heterocycles. The molecule has 0 aliphatic carbocycles. The summed E-state index contributed by atoms with van der Waals surface area (Å²) in [5.74, 6) is 0.687. The average Bonchev–Trinajstić information content (AvgIpc) is 3.08. The highest BCUT2D eigenvalue weighted by molar-refractivity contribution is 7.91. The molecule has 7 heteroatoms. The number of unbranched alkanes of at least 4 members (excludes halogenated alkanes) is 1. The molecule has 0 bridgehead atoms. The topological polar surface area (TPSA) is 75.4 Å². The van der Waals surface area contributed by atoms with Gasteiger partial charge in [-0.2, -0.15) is 0 Å². The number of imidazole rings is 1. The summed E-state index contributed by atoms with van der Waals surface area (Å²) in [7, 11) is -3.36. The Kier molecular flexibility index (Phi) is 10.1. The summed E-state index contributed by atoms with van der Waals surface area (Å²) in [6.45, 7) is 9.09. The molecule has 6 nitrogen and oxygen atoms in total. The van der Waals surface area contributed by atoms with Crippen LogP contribution < -0.4 is 0 Å². The van der Waals surface area contributed by atoms with Crippen molar-refractivity contribution >= 4 is 9.84 Å². The van der Waals surface area contributed by atoms with E-state index < -0.39 is 9.84 Å². The molecule has 29 heavy (non-hydrogen) atoms. The van der Waals surface area contributed by atoms with Gasteiger partial charge in [0.2, 0.25) is 15.0 Å². The van der Waals surface area contributed by atoms with Crippen molar-refractivity contribution in [2.45, 2.75) is 103 Å². The molecule has 0 spiro atoms. The number of likely N-dealkylation sites (tertiary alicyclic amines) is 1. The Morgan fingerprint density at radius 3 is 2.72 bits per heavy atom. The van der Waals surface area contributed by atoms with Crippen LogP contribution in [0, 0.1) is 5.92 Å². The monoisotopic (exact) mass is 427 g/mol. The van der Waals surface area contributed by atoms with Crippen LogP contribution in [0.3, 0.4) is 0 Å². The van der Waals surface area contributed by atoms with Crippen molar-refractivity contribution < 1.29 is 13.5 Å². The van der Waals surface area contributed by atoms with Crippen LogP contribution >= 0.6 is 0 Å². The van der Waals surface area contributed by atoms with E-state index in [0.717, 1.165) is 57.3 Å². The third-order valence-electron chi connectivity index (χ3n) is 5.92. The quantitative estimate of drug-likeness (QED) is 0.514. The van der Waals surface area contributed by atoms with Crippen LogP contribution in [0.15, 0.2) is 11.4 Å². The number of aliphatic hydroxyl groups excluding tert-OH is 1. The van der Waals surface area contributed by atoms with Crippen molar-refractivity contribution in [3.63, 3.8) is 0 Å². The van der Waals surface area contributed by atoms with E-state index in [0.29, 0.717) is 24.9 Å². The SMILES string of the molecule is CCCCn1c(CN2CCCCC2CCCO)cnc1S(=O)(=O)CCCC(C)C. The first-order chi connectivity index (χ1) is 13.9. The van der Waals surface area contributed by atoms with E-state index in [4.69, 9.17) is 0 Å². The number of aliphatic hydroxyl groups is 1. The van der Waals surface area contributed by atoms with Crippen molar-refractivity contribution in [1.82, 2.24) is 14.5 Å². The number of rotatable bonds is 13. The van der Waals surface area contributed by atoms with Gasteiger partial charge in [-0.25, -0.2) is 13.4 Å². The summed E-state index contributed by atoms with van der Waals surface area (Å²) in [6.07, 6.45) is 10.8. The number of hydrogen-bond donors (Lipinski definition) is 1.